The largest absolute Gasteiger partial charge is 0.457 e. The molecule has 2 heterocycles. The predicted molar refractivity (Wildman–Crippen MR) is 152 cm³/mol. The van der Waals surface area contributed by atoms with Crippen LogP contribution >= 0.6 is 23.2 Å². The van der Waals surface area contributed by atoms with Gasteiger partial charge in [0, 0.05) is 16.7 Å². The minimum Gasteiger partial charge on any atom is -0.457 e. The van der Waals surface area contributed by atoms with Gasteiger partial charge >= 0.3 is 11.9 Å². The Morgan fingerprint density at radius 1 is 1.05 bits per heavy atom. The number of Topliss-reactive ketones (excluding diaryl/α,β-unsaturated/α-hetero) is 1. The Hall–Kier alpha value is -3.10. The summed E-state index contributed by atoms with van der Waals surface area (Å²) < 4.78 is 23.1. The molecule has 2 aromatic heterocycles. The maximum atomic E-state index is 13.9. The van der Waals surface area contributed by atoms with Crippen LogP contribution in [0, 0.1) is 28.6 Å². The Morgan fingerprint density at radius 3 is 2.33 bits per heavy atom. The Kier molecular flexibility index (Phi) is 6.89. The van der Waals surface area contributed by atoms with Gasteiger partial charge in [0.15, 0.2) is 17.2 Å². The summed E-state index contributed by atoms with van der Waals surface area (Å²) in [6, 6.07) is 6.14. The molecule has 0 amide bonds. The fourth-order valence-electron chi connectivity index (χ4n) is 8.76. The molecule has 0 bridgehead atoms. The van der Waals surface area contributed by atoms with E-state index in [9.17, 15) is 19.2 Å². The normalized spacial score (nSPS) is 38.6. The van der Waals surface area contributed by atoms with Gasteiger partial charge in [0.05, 0.1) is 23.3 Å². The van der Waals surface area contributed by atoms with Gasteiger partial charge in [0.2, 0.25) is 11.5 Å². The van der Waals surface area contributed by atoms with Gasteiger partial charge in [0.25, 0.3) is 0 Å². The number of hydrogen-bond acceptors (Lipinski definition) is 8. The van der Waals surface area contributed by atoms with Crippen molar-refractivity contribution >= 4 is 46.7 Å². The summed E-state index contributed by atoms with van der Waals surface area (Å²) in [7, 11) is 0. The van der Waals surface area contributed by atoms with Crippen molar-refractivity contribution in [3.8, 4) is 0 Å². The minimum atomic E-state index is -1.63. The lowest BCUT2D eigenvalue weighted by Crippen LogP contribution is -2.70. The van der Waals surface area contributed by atoms with E-state index in [0.717, 1.165) is 5.57 Å². The zero-order chi connectivity index (χ0) is 30.1. The highest BCUT2D eigenvalue weighted by atomic mass is 35.5. The number of allylic oxidation sites excluding steroid dienone is 4. The van der Waals surface area contributed by atoms with Gasteiger partial charge in [-0.3, -0.25) is 9.59 Å². The van der Waals surface area contributed by atoms with Crippen LogP contribution < -0.4 is 0 Å². The van der Waals surface area contributed by atoms with Crippen molar-refractivity contribution in [3.63, 3.8) is 0 Å². The summed E-state index contributed by atoms with van der Waals surface area (Å²) >= 11 is 14.1. The van der Waals surface area contributed by atoms with Crippen LogP contribution in [-0.2, 0) is 19.1 Å². The van der Waals surface area contributed by atoms with Gasteiger partial charge < -0.3 is 18.3 Å². The number of furan rings is 2. The van der Waals surface area contributed by atoms with E-state index in [4.69, 9.17) is 41.5 Å². The molecule has 0 aliphatic heterocycles. The number of carbonyl (C=O) groups excluding carboxylic acids is 4. The summed E-state index contributed by atoms with van der Waals surface area (Å²) in [5, 5.41) is 0. The second-order valence-corrected chi connectivity index (χ2v) is 13.3. The Morgan fingerprint density at radius 2 is 1.71 bits per heavy atom. The van der Waals surface area contributed by atoms with Gasteiger partial charge in [0.1, 0.15) is 6.10 Å². The Bertz CT molecular complexity index is 1490. The van der Waals surface area contributed by atoms with Gasteiger partial charge in [-0.2, -0.15) is 0 Å². The van der Waals surface area contributed by atoms with E-state index in [1.54, 1.807) is 18.2 Å². The van der Waals surface area contributed by atoms with Gasteiger partial charge in [-0.15, -0.1) is 23.2 Å². The standard InChI is InChI=1S/C32H32Cl2O8/c1-18-14-22-21-9-8-19-15-20(35)10-11-29(19,2)31(21,34)26(41-27(37)23-6-4-12-39-23)16-30(22,3)32(18,25(36)17-33)42-28(38)24-7-5-13-40-24/h4-7,10-13,15,18,21-22,26H,8-9,14,16-17H2,1-3H3/t18-,21-,22-,26+,29+,30-,31-,32-/m1/s1. The van der Waals surface area contributed by atoms with Crippen LogP contribution in [0.1, 0.15) is 67.6 Å². The van der Waals surface area contributed by atoms with Crippen molar-refractivity contribution in [1.82, 2.24) is 0 Å². The van der Waals surface area contributed by atoms with Crippen molar-refractivity contribution in [2.45, 2.75) is 63.0 Å². The maximum absolute atomic E-state index is 13.9. The number of ether oxygens (including phenoxy) is 2. The molecule has 2 aromatic rings. The predicted octanol–water partition coefficient (Wildman–Crippen LogP) is 6.33. The fraction of sp³-hybridized carbons (Fsp3) is 0.500. The molecule has 8 atom stereocenters. The number of rotatable bonds is 6. The number of hydrogen-bond donors (Lipinski definition) is 0. The second-order valence-electron chi connectivity index (χ2n) is 12.4. The number of ketones is 2. The van der Waals surface area contributed by atoms with E-state index >= 15 is 0 Å². The minimum absolute atomic E-state index is 0.0114. The van der Waals surface area contributed by atoms with E-state index in [1.165, 1.54) is 30.7 Å². The van der Waals surface area contributed by atoms with Crippen molar-refractivity contribution in [1.29, 1.82) is 0 Å². The van der Waals surface area contributed by atoms with Crippen LogP contribution in [-0.4, -0.2) is 46.0 Å². The quantitative estimate of drug-likeness (QED) is 0.274. The molecule has 0 radical (unpaired) electrons. The number of alkyl halides is 2. The van der Waals surface area contributed by atoms with Crippen molar-refractivity contribution in [2.75, 3.05) is 5.88 Å². The number of carbonyl (C=O) groups is 4. The lowest BCUT2D eigenvalue weighted by atomic mass is 9.45. The SMILES string of the molecule is C[C@@H]1C[C@@H]2[C@H]3CCC4=CC(=O)C=C[C@]4(C)[C@]3(Cl)[C@@H](OC(=O)c3ccco3)C[C@@]2(C)[C@]1(OC(=O)c1ccco1)C(=O)CCl. The lowest BCUT2D eigenvalue weighted by molar-refractivity contribution is -0.177. The van der Waals surface area contributed by atoms with E-state index in [1.807, 2.05) is 26.8 Å². The molecule has 0 saturated heterocycles. The third kappa shape index (κ3) is 3.80. The molecule has 4 aliphatic carbocycles. The topological polar surface area (TPSA) is 113 Å². The first-order valence-corrected chi connectivity index (χ1v) is 15.1. The van der Waals surface area contributed by atoms with Crippen LogP contribution in [0.4, 0.5) is 0 Å². The molecule has 42 heavy (non-hydrogen) atoms. The highest BCUT2D eigenvalue weighted by Crippen LogP contribution is 2.72. The summed E-state index contributed by atoms with van der Waals surface area (Å²) in [5.41, 5.74) is -2.59. The van der Waals surface area contributed by atoms with Crippen LogP contribution in [0.25, 0.3) is 0 Å². The number of fused-ring (bicyclic) bond motifs is 5. The lowest BCUT2D eigenvalue weighted by Gasteiger charge is -2.64. The van der Waals surface area contributed by atoms with Crippen LogP contribution in [0.3, 0.4) is 0 Å². The monoisotopic (exact) mass is 614 g/mol. The molecule has 0 N–H and O–H groups in total. The summed E-state index contributed by atoms with van der Waals surface area (Å²) in [6.07, 6.45) is 8.58. The third-order valence-electron chi connectivity index (χ3n) is 10.6. The Balaban J connectivity index is 1.50. The molecule has 222 valence electrons. The van der Waals surface area contributed by atoms with E-state index in [-0.39, 0.29) is 41.4 Å². The molecule has 4 aliphatic rings. The first-order chi connectivity index (χ1) is 19.9. The van der Waals surface area contributed by atoms with E-state index in [0.29, 0.717) is 19.3 Å². The smallest absolute Gasteiger partial charge is 0.375 e. The first-order valence-electron chi connectivity index (χ1n) is 14.2. The maximum Gasteiger partial charge on any atom is 0.375 e. The van der Waals surface area contributed by atoms with Crippen molar-refractivity contribution < 1.29 is 37.5 Å². The average molecular weight is 616 g/mol. The zero-order valence-corrected chi connectivity index (χ0v) is 25.1. The second kappa shape index (κ2) is 9.98. The third-order valence-corrected chi connectivity index (χ3v) is 11.8. The van der Waals surface area contributed by atoms with Crippen LogP contribution in [0.15, 0.2) is 69.4 Å². The summed E-state index contributed by atoms with van der Waals surface area (Å²) in [4.78, 5) is 52.0. The highest BCUT2D eigenvalue weighted by molar-refractivity contribution is 6.29. The molecular weight excluding hydrogens is 583 g/mol. The number of esters is 2. The zero-order valence-electron chi connectivity index (χ0n) is 23.6. The van der Waals surface area contributed by atoms with Gasteiger partial charge in [-0.05, 0) is 73.9 Å². The molecular formula is C32H32Cl2O8. The van der Waals surface area contributed by atoms with E-state index < -0.39 is 51.0 Å². The first kappa shape index (κ1) is 29.0. The highest BCUT2D eigenvalue weighted by Gasteiger charge is 2.77. The molecule has 0 unspecified atom stereocenters. The molecule has 3 saturated carbocycles. The molecule has 3 fully saturated rings. The molecule has 0 spiro atoms. The van der Waals surface area contributed by atoms with Crippen molar-refractivity contribution in [2.24, 2.45) is 28.6 Å². The van der Waals surface area contributed by atoms with Gasteiger partial charge in [-0.25, -0.2) is 9.59 Å². The molecule has 8 nitrogen and oxygen atoms in total. The average Bonchev–Trinajstić information content (AvgIpc) is 3.72. The molecule has 10 heteroatoms. The molecule has 0 aromatic carbocycles. The molecule has 6 rings (SSSR count). The van der Waals surface area contributed by atoms with Gasteiger partial charge in [-0.1, -0.05) is 32.4 Å². The van der Waals surface area contributed by atoms with Crippen molar-refractivity contribution in [3.05, 3.63) is 72.1 Å². The number of halogens is 2. The van der Waals surface area contributed by atoms with E-state index in [2.05, 4.69) is 0 Å². The van der Waals surface area contributed by atoms with Crippen LogP contribution in [0.5, 0.6) is 0 Å². The van der Waals surface area contributed by atoms with Crippen LogP contribution in [0.2, 0.25) is 0 Å². The Labute approximate surface area is 253 Å². The summed E-state index contributed by atoms with van der Waals surface area (Å²) in [5.74, 6) is -3.31. The fourth-order valence-corrected chi connectivity index (χ4v) is 9.53. The summed E-state index contributed by atoms with van der Waals surface area (Å²) in [6.45, 7) is 5.78.